The molecule has 0 saturated heterocycles. The minimum atomic E-state index is -0.428. The van der Waals surface area contributed by atoms with Crippen LogP contribution in [0.15, 0.2) is 58.3 Å². The van der Waals surface area contributed by atoms with Gasteiger partial charge in [0.05, 0.1) is 17.8 Å². The van der Waals surface area contributed by atoms with E-state index in [0.29, 0.717) is 6.54 Å². The molecular formula is C14H11N3O2. The van der Waals surface area contributed by atoms with Crippen molar-refractivity contribution in [3.63, 3.8) is 0 Å². The minimum Gasteiger partial charge on any atom is -0.295 e. The Labute approximate surface area is 108 Å². The SMILES string of the molecule is O=c1ccn(Cc2ccc3ccccc3n2)c(=O)[nH]1. The second kappa shape index (κ2) is 4.53. The van der Waals surface area contributed by atoms with Crippen molar-refractivity contribution in [2.24, 2.45) is 0 Å². The number of benzene rings is 1. The molecule has 1 aromatic carbocycles. The highest BCUT2D eigenvalue weighted by Crippen LogP contribution is 2.11. The van der Waals surface area contributed by atoms with Crippen molar-refractivity contribution in [1.29, 1.82) is 0 Å². The van der Waals surface area contributed by atoms with E-state index in [-0.39, 0.29) is 0 Å². The molecule has 0 aliphatic carbocycles. The summed E-state index contributed by atoms with van der Waals surface area (Å²) in [4.78, 5) is 29.3. The summed E-state index contributed by atoms with van der Waals surface area (Å²) in [5.41, 5.74) is 0.834. The van der Waals surface area contributed by atoms with Gasteiger partial charge in [-0.3, -0.25) is 19.3 Å². The quantitative estimate of drug-likeness (QED) is 0.744. The van der Waals surface area contributed by atoms with Crippen LogP contribution in [0, 0.1) is 0 Å². The van der Waals surface area contributed by atoms with Crippen LogP contribution < -0.4 is 11.2 Å². The summed E-state index contributed by atoms with van der Waals surface area (Å²) >= 11 is 0. The number of nitrogens with one attached hydrogen (secondary N) is 1. The number of fused-ring (bicyclic) bond motifs is 1. The van der Waals surface area contributed by atoms with Crippen LogP contribution in [-0.4, -0.2) is 14.5 Å². The molecule has 0 amide bonds. The highest BCUT2D eigenvalue weighted by Gasteiger charge is 2.01. The van der Waals surface area contributed by atoms with E-state index in [1.807, 2.05) is 36.4 Å². The summed E-state index contributed by atoms with van der Waals surface area (Å²) in [7, 11) is 0. The second-order valence-corrected chi connectivity index (χ2v) is 4.23. The Kier molecular flexibility index (Phi) is 2.72. The van der Waals surface area contributed by atoms with Gasteiger partial charge in [0.15, 0.2) is 0 Å². The normalized spacial score (nSPS) is 10.7. The van der Waals surface area contributed by atoms with Crippen molar-refractivity contribution in [2.75, 3.05) is 0 Å². The van der Waals surface area contributed by atoms with Gasteiger partial charge >= 0.3 is 5.69 Å². The van der Waals surface area contributed by atoms with Crippen molar-refractivity contribution >= 4 is 10.9 Å². The van der Waals surface area contributed by atoms with E-state index < -0.39 is 11.2 Å². The van der Waals surface area contributed by atoms with Crippen LogP contribution in [0.3, 0.4) is 0 Å². The first-order valence-corrected chi connectivity index (χ1v) is 5.87. The number of hydrogen-bond acceptors (Lipinski definition) is 3. The molecule has 0 spiro atoms. The Balaban J connectivity index is 2.01. The fourth-order valence-electron chi connectivity index (χ4n) is 1.94. The third kappa shape index (κ3) is 2.30. The first kappa shape index (κ1) is 11.4. The van der Waals surface area contributed by atoms with Crippen LogP contribution in [0.2, 0.25) is 0 Å². The molecule has 19 heavy (non-hydrogen) atoms. The molecule has 1 N–H and O–H groups in total. The predicted octanol–water partition coefficient (Wildman–Crippen LogP) is 1.13. The van der Waals surface area contributed by atoms with E-state index in [0.717, 1.165) is 16.6 Å². The summed E-state index contributed by atoms with van der Waals surface area (Å²) in [6.07, 6.45) is 1.47. The topological polar surface area (TPSA) is 67.8 Å². The number of pyridine rings is 1. The Morgan fingerprint density at radius 3 is 2.74 bits per heavy atom. The summed E-state index contributed by atoms with van der Waals surface area (Å²) in [5, 5.41) is 1.06. The number of nitrogens with zero attached hydrogens (tertiary/aromatic N) is 2. The Morgan fingerprint density at radius 1 is 1.05 bits per heavy atom. The van der Waals surface area contributed by atoms with E-state index in [1.165, 1.54) is 16.8 Å². The zero-order valence-corrected chi connectivity index (χ0v) is 10.0. The molecule has 94 valence electrons. The molecule has 2 aromatic heterocycles. The standard InChI is InChI=1S/C14H11N3O2/c18-13-7-8-17(14(19)16-13)9-11-6-5-10-3-1-2-4-12(10)15-11/h1-8H,9H2,(H,16,18,19). The largest absolute Gasteiger partial charge is 0.328 e. The molecule has 2 heterocycles. The molecule has 0 bridgehead atoms. The monoisotopic (exact) mass is 253 g/mol. The molecule has 3 rings (SSSR count). The first-order chi connectivity index (χ1) is 9.22. The van der Waals surface area contributed by atoms with Crippen molar-refractivity contribution in [1.82, 2.24) is 14.5 Å². The van der Waals surface area contributed by atoms with E-state index in [4.69, 9.17) is 0 Å². The molecule has 0 aliphatic heterocycles. The van der Waals surface area contributed by atoms with E-state index >= 15 is 0 Å². The third-order valence-corrected chi connectivity index (χ3v) is 2.89. The van der Waals surface area contributed by atoms with Crippen LogP contribution in [0.4, 0.5) is 0 Å². The number of H-pyrrole nitrogens is 1. The third-order valence-electron chi connectivity index (χ3n) is 2.89. The van der Waals surface area contributed by atoms with Crippen molar-refractivity contribution in [3.8, 4) is 0 Å². The lowest BCUT2D eigenvalue weighted by Gasteiger charge is -2.05. The predicted molar refractivity (Wildman–Crippen MR) is 72.2 cm³/mol. The van der Waals surface area contributed by atoms with Crippen LogP contribution in [0.25, 0.3) is 10.9 Å². The highest BCUT2D eigenvalue weighted by atomic mass is 16.2. The molecular weight excluding hydrogens is 242 g/mol. The average molecular weight is 253 g/mol. The van der Waals surface area contributed by atoms with Gasteiger partial charge in [-0.2, -0.15) is 0 Å². The maximum atomic E-state index is 11.6. The first-order valence-electron chi connectivity index (χ1n) is 5.87. The average Bonchev–Trinajstić information content (AvgIpc) is 2.42. The van der Waals surface area contributed by atoms with E-state index in [9.17, 15) is 9.59 Å². The summed E-state index contributed by atoms with van der Waals surface area (Å²) in [6.45, 7) is 0.334. The Bertz CT molecular complexity index is 849. The van der Waals surface area contributed by atoms with Crippen molar-refractivity contribution in [3.05, 3.63) is 75.2 Å². The maximum absolute atomic E-state index is 11.6. The van der Waals surface area contributed by atoms with Crippen LogP contribution in [0.1, 0.15) is 5.69 Å². The van der Waals surface area contributed by atoms with Gasteiger partial charge in [0.1, 0.15) is 0 Å². The molecule has 5 nitrogen and oxygen atoms in total. The lowest BCUT2D eigenvalue weighted by Crippen LogP contribution is -2.29. The number of aromatic amines is 1. The zero-order valence-electron chi connectivity index (χ0n) is 10.0. The van der Waals surface area contributed by atoms with Gasteiger partial charge < -0.3 is 0 Å². The summed E-state index contributed by atoms with van der Waals surface area (Å²) < 4.78 is 1.42. The summed E-state index contributed by atoms with van der Waals surface area (Å²) in [6, 6.07) is 12.9. The van der Waals surface area contributed by atoms with Crippen LogP contribution in [0.5, 0.6) is 0 Å². The van der Waals surface area contributed by atoms with Crippen LogP contribution in [-0.2, 0) is 6.54 Å². The smallest absolute Gasteiger partial charge is 0.295 e. The van der Waals surface area contributed by atoms with E-state index in [2.05, 4.69) is 9.97 Å². The van der Waals surface area contributed by atoms with Gasteiger partial charge in [-0.25, -0.2) is 4.79 Å². The molecule has 0 atom stereocenters. The molecule has 0 aliphatic rings. The number of para-hydroxylation sites is 1. The Hall–Kier alpha value is -2.69. The molecule has 3 aromatic rings. The van der Waals surface area contributed by atoms with E-state index in [1.54, 1.807) is 0 Å². The van der Waals surface area contributed by atoms with Gasteiger partial charge in [0.2, 0.25) is 0 Å². The molecule has 5 heteroatoms. The number of rotatable bonds is 2. The molecule has 0 fully saturated rings. The van der Waals surface area contributed by atoms with Gasteiger partial charge in [-0.05, 0) is 12.1 Å². The lowest BCUT2D eigenvalue weighted by molar-refractivity contribution is 0.707. The van der Waals surface area contributed by atoms with Gasteiger partial charge in [0.25, 0.3) is 5.56 Å². The minimum absolute atomic E-state index is 0.334. The highest BCUT2D eigenvalue weighted by molar-refractivity contribution is 5.78. The molecule has 0 saturated carbocycles. The zero-order chi connectivity index (χ0) is 13.2. The lowest BCUT2D eigenvalue weighted by atomic mass is 10.2. The van der Waals surface area contributed by atoms with Gasteiger partial charge in [-0.15, -0.1) is 0 Å². The summed E-state index contributed by atoms with van der Waals surface area (Å²) in [5.74, 6) is 0. The number of aromatic nitrogens is 3. The Morgan fingerprint density at radius 2 is 1.89 bits per heavy atom. The number of hydrogen-bond donors (Lipinski definition) is 1. The fraction of sp³-hybridized carbons (Fsp3) is 0.0714. The van der Waals surface area contributed by atoms with Gasteiger partial charge in [-0.1, -0.05) is 24.3 Å². The van der Waals surface area contributed by atoms with Gasteiger partial charge in [0, 0.05) is 17.6 Å². The molecule has 0 unspecified atom stereocenters. The molecule has 0 radical (unpaired) electrons. The van der Waals surface area contributed by atoms with Crippen molar-refractivity contribution < 1.29 is 0 Å². The van der Waals surface area contributed by atoms with Crippen molar-refractivity contribution in [2.45, 2.75) is 6.54 Å². The van der Waals surface area contributed by atoms with Crippen LogP contribution >= 0.6 is 0 Å². The maximum Gasteiger partial charge on any atom is 0.328 e. The fourth-order valence-corrected chi connectivity index (χ4v) is 1.94. The second-order valence-electron chi connectivity index (χ2n) is 4.23.